The van der Waals surface area contributed by atoms with Gasteiger partial charge in [-0.05, 0) is 32.3 Å². The summed E-state index contributed by atoms with van der Waals surface area (Å²) in [6, 6.07) is 11.5. The van der Waals surface area contributed by atoms with E-state index in [0.717, 1.165) is 23.0 Å². The third-order valence-corrected chi connectivity index (χ3v) is 5.77. The lowest BCUT2D eigenvalue weighted by Gasteiger charge is -2.19. The van der Waals surface area contributed by atoms with E-state index in [4.69, 9.17) is 16.3 Å². The van der Waals surface area contributed by atoms with E-state index < -0.39 is 0 Å². The number of anilines is 4. The molecule has 0 aliphatic carbocycles. The predicted octanol–water partition coefficient (Wildman–Crippen LogP) is 5.13. The Bertz CT molecular complexity index is 1400. The highest BCUT2D eigenvalue weighted by molar-refractivity contribution is 6.33. The number of amides is 1. The minimum Gasteiger partial charge on any atom is -0.494 e. The molecule has 0 radical (unpaired) electrons. The third-order valence-electron chi connectivity index (χ3n) is 5.49. The van der Waals surface area contributed by atoms with Crippen molar-refractivity contribution in [3.63, 3.8) is 0 Å². The summed E-state index contributed by atoms with van der Waals surface area (Å²) < 4.78 is 5.62. The molecular formula is C26H28ClN7O2. The average molecular weight is 506 g/mol. The van der Waals surface area contributed by atoms with Crippen molar-refractivity contribution in [3.8, 4) is 17.0 Å². The standard InChI is InChI=1S/C26H28ClN7O2/c1-5-24(35)31-21-12-22(23(36-4)13-20(21)28-10-11-34(2)3)32-26-30-15-18(27)25(33-26)17-14-29-19-9-7-6-8-16(17)19/h5-9,12-15,28-29H,1,10-11H2,2-4H3,(H,31,35)(H,30,32,33). The normalized spacial score (nSPS) is 10.9. The van der Waals surface area contributed by atoms with Crippen molar-refractivity contribution in [2.75, 3.05) is 50.2 Å². The summed E-state index contributed by atoms with van der Waals surface area (Å²) in [5, 5.41) is 10.8. The fraction of sp³-hybridized carbons (Fsp3) is 0.192. The molecule has 2 aromatic heterocycles. The van der Waals surface area contributed by atoms with Gasteiger partial charge in [-0.25, -0.2) is 9.97 Å². The van der Waals surface area contributed by atoms with Crippen LogP contribution >= 0.6 is 11.6 Å². The maximum atomic E-state index is 12.1. The van der Waals surface area contributed by atoms with E-state index in [1.165, 1.54) is 6.08 Å². The van der Waals surface area contributed by atoms with Gasteiger partial charge >= 0.3 is 0 Å². The van der Waals surface area contributed by atoms with Crippen LogP contribution in [0, 0.1) is 0 Å². The molecule has 0 spiro atoms. The molecule has 186 valence electrons. The van der Waals surface area contributed by atoms with Crippen LogP contribution in [0.1, 0.15) is 0 Å². The molecule has 9 nitrogen and oxygen atoms in total. The summed E-state index contributed by atoms with van der Waals surface area (Å²) in [6.45, 7) is 5.03. The van der Waals surface area contributed by atoms with Crippen molar-refractivity contribution in [1.29, 1.82) is 0 Å². The molecule has 10 heteroatoms. The first-order valence-corrected chi connectivity index (χ1v) is 11.7. The molecule has 0 unspecified atom stereocenters. The second kappa shape index (κ2) is 11.1. The van der Waals surface area contributed by atoms with Crippen LogP contribution in [0.5, 0.6) is 5.75 Å². The van der Waals surface area contributed by atoms with E-state index in [9.17, 15) is 4.79 Å². The molecule has 0 saturated carbocycles. The molecule has 0 aliphatic heterocycles. The lowest BCUT2D eigenvalue weighted by atomic mass is 10.1. The molecule has 4 N–H and O–H groups in total. The Kier molecular flexibility index (Phi) is 7.72. The summed E-state index contributed by atoms with van der Waals surface area (Å²) in [5.74, 6) is 0.546. The van der Waals surface area contributed by atoms with Gasteiger partial charge in [0, 0.05) is 41.8 Å². The number of aromatic nitrogens is 3. The van der Waals surface area contributed by atoms with Gasteiger partial charge < -0.3 is 30.6 Å². The van der Waals surface area contributed by atoms with Crippen molar-refractivity contribution in [2.45, 2.75) is 0 Å². The van der Waals surface area contributed by atoms with Crippen LogP contribution in [0.3, 0.4) is 0 Å². The molecule has 0 fully saturated rings. The largest absolute Gasteiger partial charge is 0.494 e. The Morgan fingerprint density at radius 3 is 2.78 bits per heavy atom. The zero-order chi connectivity index (χ0) is 25.7. The SMILES string of the molecule is C=CC(=O)Nc1cc(Nc2ncc(Cl)c(-c3c[nH]c4ccccc34)n2)c(OC)cc1NCCN(C)C. The Hall–Kier alpha value is -4.08. The number of halogens is 1. The second-order valence-corrected chi connectivity index (χ2v) is 8.69. The number of nitrogens with zero attached hydrogens (tertiary/aromatic N) is 3. The molecule has 0 bridgehead atoms. The molecule has 0 aliphatic rings. The number of likely N-dealkylation sites (N-methyl/N-ethyl adjacent to an activating group) is 1. The van der Waals surface area contributed by atoms with Crippen LogP contribution in [0.25, 0.3) is 22.2 Å². The lowest BCUT2D eigenvalue weighted by Crippen LogP contribution is -2.21. The minimum absolute atomic E-state index is 0.326. The Labute approximate surface area is 214 Å². The van der Waals surface area contributed by atoms with E-state index in [-0.39, 0.29) is 5.91 Å². The molecular weight excluding hydrogens is 478 g/mol. The number of ether oxygens (including phenoxy) is 1. The molecule has 0 atom stereocenters. The number of H-pyrrole nitrogens is 1. The van der Waals surface area contributed by atoms with Crippen LogP contribution < -0.4 is 20.7 Å². The van der Waals surface area contributed by atoms with Gasteiger partial charge in [-0.1, -0.05) is 36.4 Å². The van der Waals surface area contributed by atoms with Crippen molar-refractivity contribution in [3.05, 3.63) is 66.5 Å². The summed E-state index contributed by atoms with van der Waals surface area (Å²) >= 11 is 6.48. The summed E-state index contributed by atoms with van der Waals surface area (Å²) in [5.41, 5.74) is 4.29. The number of nitrogens with one attached hydrogen (secondary N) is 4. The topological polar surface area (TPSA) is 107 Å². The number of fused-ring (bicyclic) bond motifs is 1. The number of rotatable bonds is 10. The molecule has 36 heavy (non-hydrogen) atoms. The van der Waals surface area contributed by atoms with Crippen LogP contribution in [0.15, 0.2) is 61.4 Å². The van der Waals surface area contributed by atoms with Gasteiger partial charge in [0.05, 0.1) is 41.1 Å². The fourth-order valence-electron chi connectivity index (χ4n) is 3.70. The fourth-order valence-corrected chi connectivity index (χ4v) is 3.89. The van der Waals surface area contributed by atoms with Gasteiger partial charge in [-0.3, -0.25) is 4.79 Å². The molecule has 4 aromatic rings. The van der Waals surface area contributed by atoms with Gasteiger partial charge in [-0.2, -0.15) is 0 Å². The number of hydrogen-bond acceptors (Lipinski definition) is 7. The van der Waals surface area contributed by atoms with Crippen molar-refractivity contribution in [2.24, 2.45) is 0 Å². The molecule has 0 saturated heterocycles. The van der Waals surface area contributed by atoms with Gasteiger partial charge in [0.2, 0.25) is 11.9 Å². The lowest BCUT2D eigenvalue weighted by molar-refractivity contribution is -0.111. The number of carbonyl (C=O) groups excluding carboxylic acids is 1. The first kappa shape index (κ1) is 25.0. The van der Waals surface area contributed by atoms with Crippen LogP contribution in [-0.2, 0) is 4.79 Å². The minimum atomic E-state index is -0.328. The van der Waals surface area contributed by atoms with Crippen LogP contribution in [-0.4, -0.2) is 60.1 Å². The molecule has 4 rings (SSSR count). The third kappa shape index (κ3) is 5.59. The van der Waals surface area contributed by atoms with Crippen LogP contribution in [0.2, 0.25) is 5.02 Å². The van der Waals surface area contributed by atoms with Crippen molar-refractivity contribution in [1.82, 2.24) is 19.9 Å². The number of methoxy groups -OCH3 is 1. The Morgan fingerprint density at radius 2 is 2.03 bits per heavy atom. The number of aromatic amines is 1. The number of benzene rings is 2. The maximum Gasteiger partial charge on any atom is 0.247 e. The Morgan fingerprint density at radius 1 is 1.22 bits per heavy atom. The van der Waals surface area contributed by atoms with Gasteiger partial charge in [0.1, 0.15) is 5.75 Å². The molecule has 1 amide bonds. The highest BCUT2D eigenvalue weighted by atomic mass is 35.5. The average Bonchev–Trinajstić information content (AvgIpc) is 3.30. The Balaban J connectivity index is 1.69. The monoisotopic (exact) mass is 505 g/mol. The quantitative estimate of drug-likeness (QED) is 0.221. The van der Waals surface area contributed by atoms with E-state index in [1.807, 2.05) is 50.6 Å². The zero-order valence-electron chi connectivity index (χ0n) is 20.4. The van der Waals surface area contributed by atoms with Gasteiger partial charge in [-0.15, -0.1) is 0 Å². The van der Waals surface area contributed by atoms with Crippen LogP contribution in [0.4, 0.5) is 23.0 Å². The van der Waals surface area contributed by atoms with E-state index in [1.54, 1.807) is 19.4 Å². The number of hydrogen-bond donors (Lipinski definition) is 4. The highest BCUT2D eigenvalue weighted by Gasteiger charge is 2.16. The summed E-state index contributed by atoms with van der Waals surface area (Å²) in [6.07, 6.45) is 4.65. The van der Waals surface area contributed by atoms with Gasteiger partial charge in [0.15, 0.2) is 0 Å². The predicted molar refractivity (Wildman–Crippen MR) is 146 cm³/mol. The maximum absolute atomic E-state index is 12.1. The number of carbonyl (C=O) groups is 1. The summed E-state index contributed by atoms with van der Waals surface area (Å²) in [7, 11) is 5.56. The molecule has 2 aromatic carbocycles. The second-order valence-electron chi connectivity index (χ2n) is 8.28. The van der Waals surface area contributed by atoms with Gasteiger partial charge in [0.25, 0.3) is 0 Å². The van der Waals surface area contributed by atoms with Crippen molar-refractivity contribution < 1.29 is 9.53 Å². The summed E-state index contributed by atoms with van der Waals surface area (Å²) in [4.78, 5) is 26.4. The zero-order valence-corrected chi connectivity index (χ0v) is 21.1. The van der Waals surface area contributed by atoms with Crippen molar-refractivity contribution >= 4 is 51.4 Å². The van der Waals surface area contributed by atoms with E-state index in [2.05, 4.69) is 42.4 Å². The van der Waals surface area contributed by atoms with E-state index >= 15 is 0 Å². The number of para-hydroxylation sites is 1. The van der Waals surface area contributed by atoms with E-state index in [0.29, 0.717) is 46.0 Å². The first-order chi connectivity index (χ1) is 17.4. The molecule has 2 heterocycles. The first-order valence-electron chi connectivity index (χ1n) is 11.3. The highest BCUT2D eigenvalue weighted by Crippen LogP contribution is 2.37. The smallest absolute Gasteiger partial charge is 0.247 e.